The van der Waals surface area contributed by atoms with Crippen molar-refractivity contribution in [1.82, 2.24) is 15.3 Å². The summed E-state index contributed by atoms with van der Waals surface area (Å²) in [5, 5.41) is 6.56. The van der Waals surface area contributed by atoms with Gasteiger partial charge in [0.1, 0.15) is 11.5 Å². The van der Waals surface area contributed by atoms with Crippen molar-refractivity contribution < 1.29 is 14.0 Å². The first-order chi connectivity index (χ1) is 13.5. The van der Waals surface area contributed by atoms with Crippen molar-refractivity contribution in [3.8, 4) is 0 Å². The Labute approximate surface area is 165 Å². The lowest BCUT2D eigenvalue weighted by molar-refractivity contribution is 0.0952. The second-order valence-corrected chi connectivity index (χ2v) is 7.10. The maximum atomic E-state index is 12.9. The molecule has 2 aromatic heterocycles. The molecular weight excluding hydrogens is 379 g/mol. The van der Waals surface area contributed by atoms with Crippen LogP contribution < -0.4 is 10.6 Å². The van der Waals surface area contributed by atoms with Gasteiger partial charge in [-0.3, -0.25) is 14.6 Å². The molecule has 8 heteroatoms. The first kappa shape index (κ1) is 19.6. The average molecular weight is 398 g/mol. The minimum Gasteiger partial charge on any atom is -0.361 e. The van der Waals surface area contributed by atoms with E-state index in [1.807, 2.05) is 13.0 Å². The van der Waals surface area contributed by atoms with E-state index in [1.54, 1.807) is 18.5 Å². The number of pyridine rings is 1. The number of aromatic nitrogens is 2. The third kappa shape index (κ3) is 4.98. The summed E-state index contributed by atoms with van der Waals surface area (Å²) in [6.45, 7) is 2.90. The number of carbonyl (C=O) groups is 2. The molecule has 144 valence electrons. The highest BCUT2D eigenvalue weighted by Gasteiger charge is 2.16. The summed E-state index contributed by atoms with van der Waals surface area (Å²) in [6.07, 6.45) is 3.82. The number of aryl methyl sites for hydroxylation is 1. The highest BCUT2D eigenvalue weighted by Crippen LogP contribution is 2.21. The summed E-state index contributed by atoms with van der Waals surface area (Å²) in [7, 11) is 0. The van der Waals surface area contributed by atoms with E-state index in [2.05, 4.69) is 20.6 Å². The zero-order chi connectivity index (χ0) is 19.9. The van der Waals surface area contributed by atoms with E-state index in [-0.39, 0.29) is 17.5 Å². The van der Waals surface area contributed by atoms with E-state index in [0.717, 1.165) is 5.56 Å². The van der Waals surface area contributed by atoms with Gasteiger partial charge in [0.2, 0.25) is 5.78 Å². The van der Waals surface area contributed by atoms with Crippen LogP contribution in [0, 0.1) is 12.7 Å². The molecule has 1 aromatic carbocycles. The smallest absolute Gasteiger partial charge is 0.251 e. The first-order valence-electron chi connectivity index (χ1n) is 8.74. The van der Waals surface area contributed by atoms with Crippen LogP contribution >= 0.6 is 11.3 Å². The highest BCUT2D eigenvalue weighted by molar-refractivity contribution is 7.17. The number of rotatable bonds is 8. The van der Waals surface area contributed by atoms with E-state index in [1.165, 1.54) is 35.6 Å². The monoisotopic (exact) mass is 398 g/mol. The third-order valence-electron chi connectivity index (χ3n) is 3.98. The van der Waals surface area contributed by atoms with Crippen molar-refractivity contribution in [3.05, 3.63) is 76.3 Å². The van der Waals surface area contributed by atoms with Crippen LogP contribution in [-0.2, 0) is 0 Å². The minimum absolute atomic E-state index is 0.143. The van der Waals surface area contributed by atoms with Crippen molar-refractivity contribution in [2.75, 3.05) is 18.4 Å². The maximum absolute atomic E-state index is 12.9. The maximum Gasteiger partial charge on any atom is 0.251 e. The molecule has 6 nitrogen and oxygen atoms in total. The van der Waals surface area contributed by atoms with Gasteiger partial charge in [-0.15, -0.1) is 0 Å². The fourth-order valence-electron chi connectivity index (χ4n) is 2.49. The Morgan fingerprint density at radius 1 is 1.11 bits per heavy atom. The summed E-state index contributed by atoms with van der Waals surface area (Å²) < 4.78 is 12.9. The largest absolute Gasteiger partial charge is 0.361 e. The minimum atomic E-state index is -0.375. The Bertz CT molecular complexity index is 972. The SMILES string of the molecule is Cc1cccnc1C(=O)c1cnc(NCCCNC(=O)c2ccc(F)cc2)s1. The zero-order valence-corrected chi connectivity index (χ0v) is 16.1. The number of hydrogen-bond donors (Lipinski definition) is 2. The molecule has 0 saturated heterocycles. The Morgan fingerprint density at radius 3 is 2.64 bits per heavy atom. The van der Waals surface area contributed by atoms with Gasteiger partial charge in [0, 0.05) is 24.8 Å². The second-order valence-electron chi connectivity index (χ2n) is 6.07. The lowest BCUT2D eigenvalue weighted by Gasteiger charge is -2.06. The number of halogens is 1. The molecule has 3 aromatic rings. The molecule has 2 N–H and O–H groups in total. The van der Waals surface area contributed by atoms with Gasteiger partial charge in [-0.05, 0) is 49.2 Å². The summed E-state index contributed by atoms with van der Waals surface area (Å²) in [4.78, 5) is 33.3. The predicted molar refractivity (Wildman–Crippen MR) is 106 cm³/mol. The van der Waals surface area contributed by atoms with Crippen molar-refractivity contribution in [2.45, 2.75) is 13.3 Å². The van der Waals surface area contributed by atoms with Gasteiger partial charge >= 0.3 is 0 Å². The fraction of sp³-hybridized carbons (Fsp3) is 0.200. The molecule has 0 fully saturated rings. The molecule has 0 radical (unpaired) electrons. The van der Waals surface area contributed by atoms with Crippen molar-refractivity contribution in [1.29, 1.82) is 0 Å². The molecule has 0 aliphatic rings. The van der Waals surface area contributed by atoms with Crippen LogP contribution in [0.1, 0.15) is 37.7 Å². The van der Waals surface area contributed by atoms with Crippen molar-refractivity contribution in [3.63, 3.8) is 0 Å². The number of carbonyl (C=O) groups excluding carboxylic acids is 2. The number of thiazole rings is 1. The van der Waals surface area contributed by atoms with E-state index < -0.39 is 0 Å². The second kappa shape index (κ2) is 9.18. The van der Waals surface area contributed by atoms with E-state index in [4.69, 9.17) is 0 Å². The Kier molecular flexibility index (Phi) is 6.44. The molecule has 0 unspecified atom stereocenters. The number of nitrogens with zero attached hydrogens (tertiary/aromatic N) is 2. The van der Waals surface area contributed by atoms with Crippen LogP contribution in [0.5, 0.6) is 0 Å². The molecule has 3 rings (SSSR count). The number of ketones is 1. The van der Waals surface area contributed by atoms with Crippen LogP contribution in [0.3, 0.4) is 0 Å². The molecule has 0 saturated carbocycles. The van der Waals surface area contributed by atoms with E-state index in [0.29, 0.717) is 40.8 Å². The Hall–Kier alpha value is -3.13. The Balaban J connectivity index is 1.43. The van der Waals surface area contributed by atoms with Gasteiger partial charge < -0.3 is 10.6 Å². The fourth-order valence-corrected chi connectivity index (χ4v) is 3.27. The molecule has 0 bridgehead atoms. The van der Waals surface area contributed by atoms with E-state index >= 15 is 0 Å². The van der Waals surface area contributed by atoms with Gasteiger partial charge in [-0.25, -0.2) is 9.37 Å². The lowest BCUT2D eigenvalue weighted by Crippen LogP contribution is -2.25. The van der Waals surface area contributed by atoms with Gasteiger partial charge in [0.25, 0.3) is 5.91 Å². The number of anilines is 1. The van der Waals surface area contributed by atoms with Crippen LogP contribution in [0.2, 0.25) is 0 Å². The molecule has 0 aliphatic carbocycles. The molecule has 2 heterocycles. The van der Waals surface area contributed by atoms with Crippen LogP contribution in [0.15, 0.2) is 48.8 Å². The van der Waals surface area contributed by atoms with E-state index in [9.17, 15) is 14.0 Å². The van der Waals surface area contributed by atoms with Gasteiger partial charge in [0.15, 0.2) is 5.13 Å². The standard InChI is InChI=1S/C20H19FN4O2S/c1-13-4-2-9-22-17(13)18(26)16-12-25-20(28-16)24-11-3-10-23-19(27)14-5-7-15(21)8-6-14/h2,4-9,12H,3,10-11H2,1H3,(H,23,27)(H,24,25). The lowest BCUT2D eigenvalue weighted by atomic mass is 10.1. The van der Waals surface area contributed by atoms with Crippen LogP contribution in [0.4, 0.5) is 9.52 Å². The molecule has 0 atom stereocenters. The van der Waals surface area contributed by atoms with Gasteiger partial charge in [-0.1, -0.05) is 17.4 Å². The highest BCUT2D eigenvalue weighted by atomic mass is 32.1. The number of hydrogen-bond acceptors (Lipinski definition) is 6. The molecule has 0 spiro atoms. The molecular formula is C20H19FN4O2S. The van der Waals surface area contributed by atoms with Crippen LogP contribution in [0.25, 0.3) is 0 Å². The topological polar surface area (TPSA) is 84.0 Å². The molecule has 1 amide bonds. The normalized spacial score (nSPS) is 10.5. The Morgan fingerprint density at radius 2 is 1.89 bits per heavy atom. The number of amides is 1. The van der Waals surface area contributed by atoms with Crippen molar-refractivity contribution >= 4 is 28.2 Å². The van der Waals surface area contributed by atoms with Gasteiger partial charge in [0.05, 0.1) is 11.1 Å². The summed E-state index contributed by atoms with van der Waals surface area (Å²) >= 11 is 1.27. The van der Waals surface area contributed by atoms with Crippen LogP contribution in [-0.4, -0.2) is 34.7 Å². The predicted octanol–water partition coefficient (Wildman–Crippen LogP) is 3.45. The molecule has 0 aliphatic heterocycles. The average Bonchev–Trinajstić information content (AvgIpc) is 3.17. The third-order valence-corrected chi connectivity index (χ3v) is 4.93. The number of benzene rings is 1. The first-order valence-corrected chi connectivity index (χ1v) is 9.56. The molecule has 28 heavy (non-hydrogen) atoms. The van der Waals surface area contributed by atoms with Gasteiger partial charge in [-0.2, -0.15) is 0 Å². The summed E-state index contributed by atoms with van der Waals surface area (Å²) in [6, 6.07) is 9.04. The summed E-state index contributed by atoms with van der Waals surface area (Å²) in [5.41, 5.74) is 1.68. The quantitative estimate of drug-likeness (QED) is 0.449. The summed E-state index contributed by atoms with van der Waals surface area (Å²) in [5.74, 6) is -0.761. The zero-order valence-electron chi connectivity index (χ0n) is 15.2. The van der Waals surface area contributed by atoms with Crippen molar-refractivity contribution in [2.24, 2.45) is 0 Å². The number of nitrogens with one attached hydrogen (secondary N) is 2.